The summed E-state index contributed by atoms with van der Waals surface area (Å²) in [5.74, 6) is 0.841. The Balaban J connectivity index is 1.90. The molecule has 4 nitrogen and oxygen atoms in total. The number of hydrogen-bond acceptors (Lipinski definition) is 4. The van der Waals surface area contributed by atoms with Crippen molar-refractivity contribution in [3.8, 4) is 5.75 Å². The van der Waals surface area contributed by atoms with Crippen LogP contribution in [0.2, 0.25) is 0 Å². The molecule has 1 aliphatic rings. The van der Waals surface area contributed by atoms with E-state index in [1.54, 1.807) is 0 Å². The van der Waals surface area contributed by atoms with Gasteiger partial charge in [0, 0.05) is 31.4 Å². The second-order valence-electron chi connectivity index (χ2n) is 4.60. The van der Waals surface area contributed by atoms with Gasteiger partial charge in [-0.05, 0) is 44.0 Å². The van der Waals surface area contributed by atoms with Crippen LogP contribution in [-0.4, -0.2) is 32.5 Å². The highest BCUT2D eigenvalue weighted by Gasteiger charge is 2.16. The van der Waals surface area contributed by atoms with Crippen molar-refractivity contribution < 1.29 is 9.47 Å². The number of hydrogen-bond donors (Lipinski definition) is 1. The molecule has 2 rings (SSSR count). The Morgan fingerprint density at radius 1 is 1.33 bits per heavy atom. The first-order valence-corrected chi connectivity index (χ1v) is 6.60. The quantitative estimate of drug-likeness (QED) is 0.641. The number of nitrogens with zero attached hydrogens (tertiary/aromatic N) is 1. The van der Waals surface area contributed by atoms with Gasteiger partial charge in [0.1, 0.15) is 5.75 Å². The van der Waals surface area contributed by atoms with E-state index in [2.05, 4.69) is 17.0 Å². The van der Waals surface area contributed by atoms with Gasteiger partial charge in [-0.2, -0.15) is 0 Å². The van der Waals surface area contributed by atoms with Gasteiger partial charge in [-0.25, -0.2) is 0 Å². The number of ether oxygens (including phenoxy) is 2. The minimum absolute atomic E-state index is 0.299. The number of nitrogens with two attached hydrogens (primary N) is 1. The van der Waals surface area contributed by atoms with Crippen LogP contribution < -0.4 is 15.4 Å². The van der Waals surface area contributed by atoms with Crippen molar-refractivity contribution in [1.29, 1.82) is 0 Å². The van der Waals surface area contributed by atoms with E-state index in [9.17, 15) is 0 Å². The first kappa shape index (κ1) is 13.2. The number of piperidine rings is 1. The molecule has 1 aromatic rings. The topological polar surface area (TPSA) is 47.7 Å². The lowest BCUT2D eigenvalue weighted by Crippen LogP contribution is -2.42. The van der Waals surface area contributed by atoms with E-state index in [1.165, 1.54) is 12.1 Å². The van der Waals surface area contributed by atoms with Crippen LogP contribution in [0.5, 0.6) is 5.75 Å². The lowest BCUT2D eigenvalue weighted by atomic mass is 10.1. The monoisotopic (exact) mass is 250 g/mol. The minimum atomic E-state index is 0.299. The molecule has 0 bridgehead atoms. The molecule has 0 spiro atoms. The Hall–Kier alpha value is -1.26. The smallest absolute Gasteiger partial charge is 0.189 e. The lowest BCUT2D eigenvalue weighted by molar-refractivity contribution is 0.0224. The normalized spacial score (nSPS) is 19.9. The van der Waals surface area contributed by atoms with E-state index in [0.29, 0.717) is 19.4 Å². The zero-order valence-electron chi connectivity index (χ0n) is 11.0. The van der Waals surface area contributed by atoms with Crippen LogP contribution in [0.25, 0.3) is 0 Å². The van der Waals surface area contributed by atoms with E-state index in [0.717, 1.165) is 25.3 Å². The zero-order chi connectivity index (χ0) is 12.8. The van der Waals surface area contributed by atoms with Crippen molar-refractivity contribution >= 4 is 5.69 Å². The summed E-state index contributed by atoms with van der Waals surface area (Å²) >= 11 is 0. The summed E-state index contributed by atoms with van der Waals surface area (Å²) in [6, 6.07) is 8.43. The SMILES string of the molecule is CCOCOc1ccc(N2CCCC(N)C2)cc1. The molecular weight excluding hydrogens is 228 g/mol. The third kappa shape index (κ3) is 3.62. The summed E-state index contributed by atoms with van der Waals surface area (Å²) in [5, 5.41) is 0. The fourth-order valence-corrected chi connectivity index (χ4v) is 2.19. The second kappa shape index (κ2) is 6.61. The van der Waals surface area contributed by atoms with E-state index < -0.39 is 0 Å². The van der Waals surface area contributed by atoms with Crippen LogP contribution in [0.4, 0.5) is 5.69 Å². The van der Waals surface area contributed by atoms with Crippen molar-refractivity contribution in [3.05, 3.63) is 24.3 Å². The Bertz CT molecular complexity index is 353. The van der Waals surface area contributed by atoms with Crippen LogP contribution in [-0.2, 0) is 4.74 Å². The third-order valence-electron chi connectivity index (χ3n) is 3.17. The van der Waals surface area contributed by atoms with E-state index >= 15 is 0 Å². The van der Waals surface area contributed by atoms with Crippen molar-refractivity contribution in [1.82, 2.24) is 0 Å². The summed E-state index contributed by atoms with van der Waals surface area (Å²) in [6.45, 7) is 4.96. The molecular formula is C14H22N2O2. The molecule has 1 aliphatic heterocycles. The number of anilines is 1. The molecule has 18 heavy (non-hydrogen) atoms. The molecule has 1 aromatic carbocycles. The molecule has 1 fully saturated rings. The summed E-state index contributed by atoms with van der Waals surface area (Å²) in [4.78, 5) is 2.33. The molecule has 1 saturated heterocycles. The van der Waals surface area contributed by atoms with Gasteiger partial charge in [-0.1, -0.05) is 0 Å². The molecule has 2 N–H and O–H groups in total. The van der Waals surface area contributed by atoms with Crippen molar-refractivity contribution in [3.63, 3.8) is 0 Å². The van der Waals surface area contributed by atoms with Crippen LogP contribution in [0.1, 0.15) is 19.8 Å². The fraction of sp³-hybridized carbons (Fsp3) is 0.571. The van der Waals surface area contributed by atoms with Crippen LogP contribution in [0.3, 0.4) is 0 Å². The first-order valence-electron chi connectivity index (χ1n) is 6.60. The molecule has 0 aromatic heterocycles. The number of rotatable bonds is 5. The van der Waals surface area contributed by atoms with Crippen molar-refractivity contribution in [2.45, 2.75) is 25.8 Å². The molecule has 4 heteroatoms. The van der Waals surface area contributed by atoms with Gasteiger partial charge in [0.05, 0.1) is 0 Å². The largest absolute Gasteiger partial charge is 0.468 e. The zero-order valence-corrected chi connectivity index (χ0v) is 11.0. The highest BCUT2D eigenvalue weighted by atomic mass is 16.7. The molecule has 1 heterocycles. The molecule has 1 unspecified atom stereocenters. The van der Waals surface area contributed by atoms with Crippen molar-refractivity contribution in [2.24, 2.45) is 5.73 Å². The molecule has 0 amide bonds. The van der Waals surface area contributed by atoms with E-state index in [1.807, 2.05) is 19.1 Å². The Morgan fingerprint density at radius 3 is 2.78 bits per heavy atom. The van der Waals surface area contributed by atoms with Gasteiger partial charge < -0.3 is 20.1 Å². The van der Waals surface area contributed by atoms with Gasteiger partial charge in [0.25, 0.3) is 0 Å². The predicted octanol–water partition coefficient (Wildman–Crippen LogP) is 1.99. The predicted molar refractivity (Wildman–Crippen MR) is 73.0 cm³/mol. The van der Waals surface area contributed by atoms with Crippen LogP contribution in [0.15, 0.2) is 24.3 Å². The molecule has 1 atom stereocenters. The maximum atomic E-state index is 5.99. The highest BCUT2D eigenvalue weighted by molar-refractivity contribution is 5.49. The summed E-state index contributed by atoms with van der Waals surface area (Å²) < 4.78 is 10.6. The third-order valence-corrected chi connectivity index (χ3v) is 3.17. The fourth-order valence-electron chi connectivity index (χ4n) is 2.19. The van der Waals surface area contributed by atoms with Gasteiger partial charge in [0.15, 0.2) is 6.79 Å². The van der Waals surface area contributed by atoms with Gasteiger partial charge >= 0.3 is 0 Å². The molecule has 0 aliphatic carbocycles. The summed E-state index contributed by atoms with van der Waals surface area (Å²) in [7, 11) is 0. The van der Waals surface area contributed by atoms with Gasteiger partial charge in [0.2, 0.25) is 0 Å². The molecule has 0 radical (unpaired) electrons. The number of benzene rings is 1. The van der Waals surface area contributed by atoms with Crippen LogP contribution >= 0.6 is 0 Å². The van der Waals surface area contributed by atoms with Gasteiger partial charge in [-0.3, -0.25) is 0 Å². The Kier molecular flexibility index (Phi) is 4.84. The summed E-state index contributed by atoms with van der Waals surface area (Å²) in [5.41, 5.74) is 7.21. The molecule has 0 saturated carbocycles. The Labute approximate surface area is 109 Å². The second-order valence-corrected chi connectivity index (χ2v) is 4.60. The standard InChI is InChI=1S/C14H22N2O2/c1-2-17-11-18-14-7-5-13(6-8-14)16-9-3-4-12(15)10-16/h5-8,12H,2-4,9-11,15H2,1H3. The minimum Gasteiger partial charge on any atom is -0.468 e. The highest BCUT2D eigenvalue weighted by Crippen LogP contribution is 2.22. The van der Waals surface area contributed by atoms with E-state index in [-0.39, 0.29) is 0 Å². The van der Waals surface area contributed by atoms with Crippen molar-refractivity contribution in [2.75, 3.05) is 31.4 Å². The van der Waals surface area contributed by atoms with Gasteiger partial charge in [-0.15, -0.1) is 0 Å². The van der Waals surface area contributed by atoms with Crippen LogP contribution in [0, 0.1) is 0 Å². The molecule has 100 valence electrons. The maximum absolute atomic E-state index is 5.99. The summed E-state index contributed by atoms with van der Waals surface area (Å²) in [6.07, 6.45) is 2.30. The first-order chi connectivity index (χ1) is 8.79. The average Bonchev–Trinajstić information content (AvgIpc) is 2.40. The Morgan fingerprint density at radius 2 is 2.11 bits per heavy atom. The maximum Gasteiger partial charge on any atom is 0.189 e. The lowest BCUT2D eigenvalue weighted by Gasteiger charge is -2.32. The average molecular weight is 250 g/mol. The van der Waals surface area contributed by atoms with E-state index in [4.69, 9.17) is 15.2 Å².